The van der Waals surface area contributed by atoms with E-state index in [1.807, 2.05) is 34.6 Å². The number of carbonyl (C=O) groups is 1. The van der Waals surface area contributed by atoms with Crippen LogP contribution in [0.5, 0.6) is 0 Å². The highest BCUT2D eigenvalue weighted by molar-refractivity contribution is 5.92. The zero-order chi connectivity index (χ0) is 23.9. The molecule has 7 nitrogen and oxygen atoms in total. The molecule has 0 aromatic heterocycles. The molecule has 2 aliphatic carbocycles. The molecular formula is C25H40O7. The van der Waals surface area contributed by atoms with Crippen LogP contribution < -0.4 is 0 Å². The molecule has 0 radical (unpaired) electrons. The van der Waals surface area contributed by atoms with E-state index in [0.717, 1.165) is 17.6 Å². The molecule has 6 aliphatic rings. The van der Waals surface area contributed by atoms with Gasteiger partial charge in [0, 0.05) is 24.0 Å². The quantitative estimate of drug-likeness (QED) is 0.508. The van der Waals surface area contributed by atoms with Gasteiger partial charge in [-0.25, -0.2) is 4.79 Å². The summed E-state index contributed by atoms with van der Waals surface area (Å²) >= 11 is 0. The van der Waals surface area contributed by atoms with Gasteiger partial charge < -0.3 is 28.8 Å². The van der Waals surface area contributed by atoms with Crippen molar-refractivity contribution in [1.82, 2.24) is 0 Å². The Kier molecular flexibility index (Phi) is 5.47. The number of hydrogen-bond donors (Lipinski definition) is 1. The minimum atomic E-state index is -1.09. The van der Waals surface area contributed by atoms with Gasteiger partial charge >= 0.3 is 5.97 Å². The van der Waals surface area contributed by atoms with E-state index < -0.39 is 28.5 Å². The molecule has 0 aromatic rings. The maximum atomic E-state index is 12.1. The lowest BCUT2D eigenvalue weighted by molar-refractivity contribution is -0.267. The second-order valence-electron chi connectivity index (χ2n) is 10.2. The van der Waals surface area contributed by atoms with Crippen LogP contribution in [0.25, 0.3) is 0 Å². The molecule has 4 fully saturated rings. The zero-order valence-corrected chi connectivity index (χ0v) is 21.0. The zero-order valence-electron chi connectivity index (χ0n) is 21.0. The van der Waals surface area contributed by atoms with Gasteiger partial charge in [0.2, 0.25) is 0 Å². The number of hydrogen-bond acceptors (Lipinski definition) is 7. The Morgan fingerprint density at radius 2 is 1.75 bits per heavy atom. The van der Waals surface area contributed by atoms with Crippen molar-refractivity contribution in [3.63, 3.8) is 0 Å². The van der Waals surface area contributed by atoms with E-state index in [-0.39, 0.29) is 29.5 Å². The fourth-order valence-corrected chi connectivity index (χ4v) is 7.49. The van der Waals surface area contributed by atoms with Gasteiger partial charge in [-0.1, -0.05) is 34.6 Å². The number of esters is 1. The molecule has 182 valence electrons. The number of carbonyl (C=O) groups excluding carboxylic acids is 1. The maximum absolute atomic E-state index is 12.1. The molecule has 7 heteroatoms. The van der Waals surface area contributed by atoms with Crippen LogP contribution in [0.4, 0.5) is 0 Å². The third-order valence-electron chi connectivity index (χ3n) is 8.91. The summed E-state index contributed by atoms with van der Waals surface area (Å²) in [5.41, 5.74) is -1.56. The molecule has 6 rings (SSSR count). The summed E-state index contributed by atoms with van der Waals surface area (Å²) in [7, 11) is 1.65. The molecule has 0 aromatic carbocycles. The van der Waals surface area contributed by atoms with Crippen LogP contribution >= 0.6 is 0 Å². The Morgan fingerprint density at radius 3 is 2.34 bits per heavy atom. The monoisotopic (exact) mass is 452 g/mol. The van der Waals surface area contributed by atoms with Crippen molar-refractivity contribution in [3.8, 4) is 0 Å². The lowest BCUT2D eigenvalue weighted by Gasteiger charge is -2.60. The van der Waals surface area contributed by atoms with Gasteiger partial charge in [0.25, 0.3) is 0 Å². The van der Waals surface area contributed by atoms with Gasteiger partial charge in [0.05, 0.1) is 12.2 Å². The molecule has 8 unspecified atom stereocenters. The van der Waals surface area contributed by atoms with Crippen LogP contribution in [0.15, 0.2) is 11.1 Å². The highest BCUT2D eigenvalue weighted by Crippen LogP contribution is 2.77. The van der Waals surface area contributed by atoms with E-state index >= 15 is 0 Å². The highest BCUT2D eigenvalue weighted by atomic mass is 16.7. The lowest BCUT2D eigenvalue weighted by atomic mass is 9.49. The van der Waals surface area contributed by atoms with Crippen molar-refractivity contribution in [1.29, 1.82) is 0 Å². The van der Waals surface area contributed by atoms with Gasteiger partial charge in [0.15, 0.2) is 5.60 Å². The summed E-state index contributed by atoms with van der Waals surface area (Å²) in [6, 6.07) is 0. The van der Waals surface area contributed by atoms with Crippen molar-refractivity contribution in [2.24, 2.45) is 11.3 Å². The standard InChI is InChI=1S/C21H28O7.2C2H6/c1-17(2,23)20-13(27-20)14-21(28-14)18(3)7-6-10-11(8-25-15(10)22)12(18)9-26-19(21,4)16(20)24-5;2*1-2/h12-14,16,23H,6-9H2,1-5H3;2*1-2H3. The van der Waals surface area contributed by atoms with Gasteiger partial charge in [-0.2, -0.15) is 0 Å². The van der Waals surface area contributed by atoms with Gasteiger partial charge in [-0.05, 0) is 39.2 Å². The van der Waals surface area contributed by atoms with E-state index in [0.29, 0.717) is 19.6 Å². The van der Waals surface area contributed by atoms with Crippen molar-refractivity contribution in [2.75, 3.05) is 20.3 Å². The lowest BCUT2D eigenvalue weighted by Crippen LogP contribution is -2.76. The van der Waals surface area contributed by atoms with Crippen LogP contribution in [0.3, 0.4) is 0 Å². The van der Waals surface area contributed by atoms with Crippen LogP contribution in [0.1, 0.15) is 68.2 Å². The Balaban J connectivity index is 0.000000582. The first kappa shape index (κ1) is 24.1. The minimum Gasteiger partial charge on any atom is -0.458 e. The Labute approximate surface area is 191 Å². The summed E-state index contributed by atoms with van der Waals surface area (Å²) in [6.07, 6.45) is 0.706. The van der Waals surface area contributed by atoms with Crippen molar-refractivity contribution in [2.45, 2.75) is 109 Å². The first-order chi connectivity index (χ1) is 15.1. The molecule has 4 heterocycles. The normalized spacial score (nSPS) is 49.5. The Morgan fingerprint density at radius 1 is 1.09 bits per heavy atom. The molecular weight excluding hydrogens is 412 g/mol. The number of fused-ring (bicyclic) bond motifs is 4. The number of ether oxygens (including phenoxy) is 5. The molecule has 0 amide bonds. The summed E-state index contributed by atoms with van der Waals surface area (Å²) in [4.78, 5) is 12.1. The van der Waals surface area contributed by atoms with Gasteiger partial charge in [0.1, 0.15) is 36.1 Å². The van der Waals surface area contributed by atoms with Crippen LogP contribution in [-0.2, 0) is 28.5 Å². The minimum absolute atomic E-state index is 0.0756. The van der Waals surface area contributed by atoms with Gasteiger partial charge in [-0.15, -0.1) is 0 Å². The predicted molar refractivity (Wildman–Crippen MR) is 118 cm³/mol. The molecule has 8 atom stereocenters. The fraction of sp³-hybridized carbons (Fsp3) is 0.880. The van der Waals surface area contributed by atoms with E-state index in [9.17, 15) is 9.90 Å². The molecule has 1 N–H and O–H groups in total. The first-order valence-corrected chi connectivity index (χ1v) is 12.2. The van der Waals surface area contributed by atoms with E-state index in [2.05, 4.69) is 6.92 Å². The van der Waals surface area contributed by atoms with Crippen LogP contribution in [0.2, 0.25) is 0 Å². The average Bonchev–Trinajstić information content (AvgIpc) is 3.65. The smallest absolute Gasteiger partial charge is 0.334 e. The molecule has 32 heavy (non-hydrogen) atoms. The summed E-state index contributed by atoms with van der Waals surface area (Å²) in [6.45, 7) is 16.7. The maximum Gasteiger partial charge on any atom is 0.334 e. The summed E-state index contributed by atoms with van der Waals surface area (Å²) in [5, 5.41) is 11.0. The van der Waals surface area contributed by atoms with Crippen LogP contribution in [0, 0.1) is 11.3 Å². The number of aliphatic hydroxyl groups is 1. The third kappa shape index (κ3) is 2.42. The topological polar surface area (TPSA) is 90.0 Å². The second-order valence-corrected chi connectivity index (χ2v) is 10.2. The fourth-order valence-electron chi connectivity index (χ4n) is 7.49. The molecule has 3 saturated heterocycles. The number of cyclic esters (lactones) is 1. The van der Waals surface area contributed by atoms with Crippen LogP contribution in [-0.4, -0.2) is 72.1 Å². The number of methoxy groups -OCH3 is 1. The second kappa shape index (κ2) is 7.25. The Bertz CT molecular complexity index is 831. The Hall–Kier alpha value is -0.990. The predicted octanol–water partition coefficient (Wildman–Crippen LogP) is 3.17. The molecule has 4 aliphatic heterocycles. The van der Waals surface area contributed by atoms with E-state index in [1.165, 1.54) is 0 Å². The number of rotatable bonds is 2. The molecule has 0 bridgehead atoms. The SMILES string of the molecule is CC.CC.COC1C2(C)OCC3C4=C(CCC3(C)C23OC3C2OC21C(C)(C)O)C(=O)OC4. The third-order valence-corrected chi connectivity index (χ3v) is 8.91. The van der Waals surface area contributed by atoms with Crippen molar-refractivity contribution in [3.05, 3.63) is 11.1 Å². The summed E-state index contributed by atoms with van der Waals surface area (Å²) < 4.78 is 30.6. The highest BCUT2D eigenvalue weighted by Gasteiger charge is 2.95. The average molecular weight is 453 g/mol. The van der Waals surface area contributed by atoms with Crippen molar-refractivity contribution < 1.29 is 33.6 Å². The number of epoxide rings is 2. The van der Waals surface area contributed by atoms with E-state index in [4.69, 9.17) is 23.7 Å². The van der Waals surface area contributed by atoms with Crippen molar-refractivity contribution >= 4 is 5.97 Å². The van der Waals surface area contributed by atoms with Gasteiger partial charge in [-0.3, -0.25) is 0 Å². The largest absolute Gasteiger partial charge is 0.458 e. The molecule has 1 saturated carbocycles. The molecule has 1 spiro atoms. The first-order valence-electron chi connectivity index (χ1n) is 12.2. The van der Waals surface area contributed by atoms with E-state index in [1.54, 1.807) is 21.0 Å². The summed E-state index contributed by atoms with van der Waals surface area (Å²) in [5.74, 6) is -0.104.